The summed E-state index contributed by atoms with van der Waals surface area (Å²) in [5.41, 5.74) is 6.08. The van der Waals surface area contributed by atoms with Gasteiger partial charge in [-0.25, -0.2) is 0 Å². The summed E-state index contributed by atoms with van der Waals surface area (Å²) in [6, 6.07) is 13.9. The fourth-order valence-corrected chi connectivity index (χ4v) is 2.75. The van der Waals surface area contributed by atoms with Gasteiger partial charge in [0.25, 0.3) is 0 Å². The molecular formula is C15H17N3O2S. The van der Waals surface area contributed by atoms with E-state index in [1.165, 1.54) is 0 Å². The van der Waals surface area contributed by atoms with Crippen molar-refractivity contribution < 1.29 is 9.59 Å². The smallest absolute Gasteiger partial charge is 0.236 e. The zero-order chi connectivity index (χ0) is 15.1. The van der Waals surface area contributed by atoms with Crippen molar-refractivity contribution in [3.05, 3.63) is 58.3 Å². The lowest BCUT2D eigenvalue weighted by molar-refractivity contribution is -0.124. The maximum absolute atomic E-state index is 11.7. The molecule has 0 aliphatic rings. The molecule has 0 radical (unpaired) electrons. The van der Waals surface area contributed by atoms with E-state index < -0.39 is 5.91 Å². The molecule has 0 saturated heterocycles. The molecule has 0 aliphatic carbocycles. The molecule has 6 heteroatoms. The lowest BCUT2D eigenvalue weighted by atomic mass is 10.1. The van der Waals surface area contributed by atoms with Crippen LogP contribution in [0.25, 0.3) is 0 Å². The van der Waals surface area contributed by atoms with E-state index in [0.29, 0.717) is 0 Å². The molecule has 0 saturated carbocycles. The predicted molar refractivity (Wildman–Crippen MR) is 82.8 cm³/mol. The van der Waals surface area contributed by atoms with E-state index in [9.17, 15) is 9.59 Å². The normalized spacial score (nSPS) is 11.8. The van der Waals surface area contributed by atoms with Crippen molar-refractivity contribution in [1.82, 2.24) is 10.6 Å². The summed E-state index contributed by atoms with van der Waals surface area (Å²) in [7, 11) is 0. The molecule has 1 heterocycles. The van der Waals surface area contributed by atoms with Gasteiger partial charge >= 0.3 is 0 Å². The van der Waals surface area contributed by atoms with Gasteiger partial charge in [0, 0.05) is 4.88 Å². The second-order valence-corrected chi connectivity index (χ2v) is 5.46. The molecule has 1 aromatic carbocycles. The molecule has 2 aromatic rings. The monoisotopic (exact) mass is 303 g/mol. The van der Waals surface area contributed by atoms with Crippen LogP contribution >= 0.6 is 11.3 Å². The molecule has 0 unspecified atom stereocenters. The Labute approximate surface area is 127 Å². The second-order valence-electron chi connectivity index (χ2n) is 4.48. The molecule has 0 bridgehead atoms. The quantitative estimate of drug-likeness (QED) is 0.714. The number of benzene rings is 1. The van der Waals surface area contributed by atoms with Gasteiger partial charge in [0.05, 0.1) is 19.1 Å². The van der Waals surface area contributed by atoms with E-state index in [1.807, 2.05) is 47.8 Å². The number of carbonyl (C=O) groups is 2. The first-order valence-corrected chi connectivity index (χ1v) is 7.41. The average molecular weight is 303 g/mol. The topological polar surface area (TPSA) is 84.2 Å². The summed E-state index contributed by atoms with van der Waals surface area (Å²) in [5.74, 6) is -0.812. The number of amides is 2. The highest BCUT2D eigenvalue weighted by Crippen LogP contribution is 2.25. The maximum Gasteiger partial charge on any atom is 0.236 e. The first-order chi connectivity index (χ1) is 10.2. The molecule has 2 amide bonds. The lowest BCUT2D eigenvalue weighted by Gasteiger charge is -2.17. The van der Waals surface area contributed by atoms with Crippen LogP contribution in [0.5, 0.6) is 0 Å². The number of nitrogens with two attached hydrogens (primary N) is 1. The molecule has 1 aromatic heterocycles. The van der Waals surface area contributed by atoms with Gasteiger partial charge in [0.15, 0.2) is 0 Å². The minimum absolute atomic E-state index is 0.0504. The molecule has 21 heavy (non-hydrogen) atoms. The van der Waals surface area contributed by atoms with Crippen LogP contribution in [0.3, 0.4) is 0 Å². The van der Waals surface area contributed by atoms with Crippen LogP contribution in [0.4, 0.5) is 0 Å². The third-order valence-electron chi connectivity index (χ3n) is 2.89. The van der Waals surface area contributed by atoms with Crippen LogP contribution in [-0.2, 0) is 9.59 Å². The standard InChI is InChI=1S/C15H17N3O2S/c16-13(19)9-17-14(20)10-18-15(12-7-4-8-21-12)11-5-2-1-3-6-11/h1-8,15,18H,9-10H2,(H2,16,19)(H,17,20)/t15-/m0/s1. The summed E-state index contributed by atoms with van der Waals surface area (Å²) >= 11 is 1.63. The van der Waals surface area contributed by atoms with Crippen LogP contribution in [0.1, 0.15) is 16.5 Å². The van der Waals surface area contributed by atoms with Gasteiger partial charge in [0.1, 0.15) is 0 Å². The summed E-state index contributed by atoms with van der Waals surface area (Å²) < 4.78 is 0. The number of hydrogen-bond donors (Lipinski definition) is 3. The Morgan fingerprint density at radius 1 is 1.10 bits per heavy atom. The molecule has 0 fully saturated rings. The zero-order valence-electron chi connectivity index (χ0n) is 11.4. The molecule has 0 aliphatic heterocycles. The Morgan fingerprint density at radius 2 is 1.86 bits per heavy atom. The van der Waals surface area contributed by atoms with E-state index in [2.05, 4.69) is 10.6 Å². The summed E-state index contributed by atoms with van der Waals surface area (Å²) in [5, 5.41) is 7.67. The number of nitrogens with one attached hydrogen (secondary N) is 2. The van der Waals surface area contributed by atoms with Crippen molar-refractivity contribution in [2.45, 2.75) is 6.04 Å². The van der Waals surface area contributed by atoms with Crippen molar-refractivity contribution in [2.75, 3.05) is 13.1 Å². The van der Waals surface area contributed by atoms with Crippen molar-refractivity contribution in [1.29, 1.82) is 0 Å². The van der Waals surface area contributed by atoms with Crippen LogP contribution in [0.15, 0.2) is 47.8 Å². The molecular weight excluding hydrogens is 286 g/mol. The third-order valence-corrected chi connectivity index (χ3v) is 3.82. The summed E-state index contributed by atoms with van der Waals surface area (Å²) in [4.78, 5) is 23.4. The molecule has 1 atom stereocenters. The molecule has 110 valence electrons. The average Bonchev–Trinajstić information content (AvgIpc) is 3.00. The van der Waals surface area contributed by atoms with Crippen molar-refractivity contribution in [3.8, 4) is 0 Å². The van der Waals surface area contributed by atoms with E-state index in [1.54, 1.807) is 11.3 Å². The van der Waals surface area contributed by atoms with Crippen molar-refractivity contribution in [3.63, 3.8) is 0 Å². The van der Waals surface area contributed by atoms with Crippen molar-refractivity contribution >= 4 is 23.2 Å². The summed E-state index contributed by atoms with van der Waals surface area (Å²) in [6.45, 7) is -0.0275. The van der Waals surface area contributed by atoms with Gasteiger partial charge in [-0.15, -0.1) is 11.3 Å². The zero-order valence-corrected chi connectivity index (χ0v) is 12.2. The first kappa shape index (κ1) is 15.2. The highest BCUT2D eigenvalue weighted by molar-refractivity contribution is 7.10. The Bertz CT molecular complexity index is 584. The van der Waals surface area contributed by atoms with Crippen LogP contribution in [0, 0.1) is 0 Å². The predicted octanol–water partition coefficient (Wildman–Crippen LogP) is 1.03. The van der Waals surface area contributed by atoms with Gasteiger partial charge in [-0.3, -0.25) is 14.9 Å². The molecule has 4 N–H and O–H groups in total. The fourth-order valence-electron chi connectivity index (χ4n) is 1.93. The van der Waals surface area contributed by atoms with Gasteiger partial charge in [-0.2, -0.15) is 0 Å². The third kappa shape index (κ3) is 4.70. The Balaban J connectivity index is 2.01. The van der Waals surface area contributed by atoms with Gasteiger partial charge in [-0.1, -0.05) is 36.4 Å². The fraction of sp³-hybridized carbons (Fsp3) is 0.200. The van der Waals surface area contributed by atoms with E-state index in [-0.39, 0.29) is 25.0 Å². The molecule has 2 rings (SSSR count). The second kappa shape index (κ2) is 7.56. The number of hydrogen-bond acceptors (Lipinski definition) is 4. The summed E-state index contributed by atoms with van der Waals surface area (Å²) in [6.07, 6.45) is 0. The van der Waals surface area contributed by atoms with Crippen molar-refractivity contribution in [2.24, 2.45) is 5.73 Å². The van der Waals surface area contributed by atoms with E-state index in [4.69, 9.17) is 5.73 Å². The molecule has 0 spiro atoms. The Morgan fingerprint density at radius 3 is 2.48 bits per heavy atom. The van der Waals surface area contributed by atoms with Gasteiger partial charge in [0.2, 0.25) is 11.8 Å². The minimum atomic E-state index is -0.554. The van der Waals surface area contributed by atoms with E-state index >= 15 is 0 Å². The van der Waals surface area contributed by atoms with Crippen LogP contribution in [0.2, 0.25) is 0 Å². The number of primary amides is 1. The SMILES string of the molecule is NC(=O)CNC(=O)CN[C@@H](c1ccccc1)c1cccs1. The van der Waals surface area contributed by atoms with E-state index in [0.717, 1.165) is 10.4 Å². The lowest BCUT2D eigenvalue weighted by Crippen LogP contribution is -2.39. The van der Waals surface area contributed by atoms with Gasteiger partial charge < -0.3 is 11.1 Å². The Kier molecular flexibility index (Phi) is 5.48. The molecule has 5 nitrogen and oxygen atoms in total. The van der Waals surface area contributed by atoms with Crippen LogP contribution in [-0.4, -0.2) is 24.9 Å². The highest BCUT2D eigenvalue weighted by Gasteiger charge is 2.15. The minimum Gasteiger partial charge on any atom is -0.368 e. The van der Waals surface area contributed by atoms with Gasteiger partial charge in [-0.05, 0) is 17.0 Å². The first-order valence-electron chi connectivity index (χ1n) is 6.53. The largest absolute Gasteiger partial charge is 0.368 e. The Hall–Kier alpha value is -2.18. The number of rotatable bonds is 7. The number of carbonyl (C=O) groups excluding carboxylic acids is 2. The maximum atomic E-state index is 11.7. The number of thiophene rings is 1. The highest BCUT2D eigenvalue weighted by atomic mass is 32.1. The van der Waals surface area contributed by atoms with Crippen LogP contribution < -0.4 is 16.4 Å².